The van der Waals surface area contributed by atoms with Crippen LogP contribution in [0.25, 0.3) is 0 Å². The molecule has 0 radical (unpaired) electrons. The van der Waals surface area contributed by atoms with E-state index < -0.39 is 29.8 Å². The van der Waals surface area contributed by atoms with Crippen LogP contribution in [0.1, 0.15) is 109 Å². The van der Waals surface area contributed by atoms with Crippen LogP contribution in [0.4, 0.5) is 5.13 Å². The van der Waals surface area contributed by atoms with Crippen molar-refractivity contribution in [3.8, 4) is 0 Å². The van der Waals surface area contributed by atoms with E-state index in [9.17, 15) is 24.6 Å². The Hall–Kier alpha value is -3.13. The van der Waals surface area contributed by atoms with Gasteiger partial charge in [-0.05, 0) is 49.7 Å². The van der Waals surface area contributed by atoms with E-state index in [1.165, 1.54) is 17.8 Å². The van der Waals surface area contributed by atoms with Gasteiger partial charge in [0.25, 0.3) is 0 Å². The Morgan fingerprint density at radius 2 is 1.77 bits per heavy atom. The number of nitrogens with zero attached hydrogens (tertiary/aromatic N) is 4. The number of hydrogen-bond donors (Lipinski definition) is 4. The van der Waals surface area contributed by atoms with Crippen molar-refractivity contribution in [2.75, 3.05) is 39.5 Å². The average Bonchev–Trinajstić information content (AvgIpc) is 3.57. The molecule has 4 atom stereocenters. The van der Waals surface area contributed by atoms with Gasteiger partial charge in [0, 0.05) is 57.2 Å². The van der Waals surface area contributed by atoms with Gasteiger partial charge in [-0.25, -0.2) is 4.98 Å². The lowest BCUT2D eigenvalue weighted by Gasteiger charge is -2.40. The fourth-order valence-corrected chi connectivity index (χ4v) is 8.54. The highest BCUT2D eigenvalue weighted by Gasteiger charge is 2.38. The topological polar surface area (TPSA) is 171 Å². The lowest BCUT2D eigenvalue weighted by atomic mass is 9.82. The number of pyridine rings is 1. The Kier molecular flexibility index (Phi) is 17.0. The standard InChI is InChI=1S/C40H64N6O6S/c1-28(2)21-34(47)37(50)33(22-29-13-7-5-8-14-29)44-38(51)30(23-32-26-53-39(41)43-32)24-35(48)46(27-40(52-4)17-10-6-11-18-40)25-36(49)45(3)20-16-31-15-9-12-19-42-31/h9,12,15,19,26,28-30,33-34,37,47,50H,5-8,10-11,13-14,16-18,20-25,27H2,1-4H3,(H2,41,43)(H,44,51)/t30-,33+,34+,37-/m1/s1. The van der Waals surface area contributed by atoms with Crippen LogP contribution in [-0.2, 0) is 32.0 Å². The number of thiazole rings is 1. The lowest BCUT2D eigenvalue weighted by Crippen LogP contribution is -2.53. The maximum Gasteiger partial charge on any atom is 0.241 e. The molecule has 2 heterocycles. The Bertz CT molecular complexity index is 1410. The van der Waals surface area contributed by atoms with E-state index in [-0.39, 0.29) is 49.6 Å². The molecule has 0 aliphatic heterocycles. The fraction of sp³-hybridized carbons (Fsp3) is 0.725. The van der Waals surface area contributed by atoms with Crippen molar-refractivity contribution in [3.05, 3.63) is 41.2 Å². The average molecular weight is 757 g/mol. The van der Waals surface area contributed by atoms with Crippen LogP contribution in [-0.4, -0.2) is 105 Å². The molecular formula is C40H64N6O6S. The molecule has 2 saturated carbocycles. The second-order valence-electron chi connectivity index (χ2n) is 15.9. The Morgan fingerprint density at radius 1 is 1.06 bits per heavy atom. The third-order valence-electron chi connectivity index (χ3n) is 11.2. The van der Waals surface area contributed by atoms with Crippen LogP contribution >= 0.6 is 11.3 Å². The lowest BCUT2D eigenvalue weighted by molar-refractivity contribution is -0.147. The summed E-state index contributed by atoms with van der Waals surface area (Å²) in [6.07, 6.45) is 11.1. The van der Waals surface area contributed by atoms with Gasteiger partial charge in [-0.3, -0.25) is 19.4 Å². The van der Waals surface area contributed by atoms with E-state index >= 15 is 0 Å². The first-order valence-corrected chi connectivity index (χ1v) is 20.6. The summed E-state index contributed by atoms with van der Waals surface area (Å²) in [5.74, 6) is -1.29. The van der Waals surface area contributed by atoms with Gasteiger partial charge in [0.05, 0.1) is 42.4 Å². The molecule has 3 amide bonds. The molecule has 2 aliphatic rings. The van der Waals surface area contributed by atoms with Crippen molar-refractivity contribution in [1.82, 2.24) is 25.1 Å². The fourth-order valence-electron chi connectivity index (χ4n) is 7.96. The van der Waals surface area contributed by atoms with Crippen LogP contribution in [0.15, 0.2) is 29.8 Å². The molecule has 12 nitrogen and oxygen atoms in total. The van der Waals surface area contributed by atoms with Crippen molar-refractivity contribution in [3.63, 3.8) is 0 Å². The first kappa shape index (κ1) is 42.6. The Morgan fingerprint density at radius 3 is 2.40 bits per heavy atom. The third kappa shape index (κ3) is 13.6. The molecule has 0 saturated heterocycles. The summed E-state index contributed by atoms with van der Waals surface area (Å²) in [5.41, 5.74) is 6.86. The maximum atomic E-state index is 14.5. The summed E-state index contributed by atoms with van der Waals surface area (Å²) in [7, 11) is 3.40. The molecule has 53 heavy (non-hydrogen) atoms. The van der Waals surface area contributed by atoms with Gasteiger partial charge in [0.2, 0.25) is 17.7 Å². The second-order valence-corrected chi connectivity index (χ2v) is 16.8. The zero-order valence-electron chi connectivity index (χ0n) is 32.4. The number of methoxy groups -OCH3 is 1. The van der Waals surface area contributed by atoms with Crippen LogP contribution in [0.5, 0.6) is 0 Å². The van der Waals surface area contributed by atoms with E-state index in [2.05, 4.69) is 15.3 Å². The van der Waals surface area contributed by atoms with Gasteiger partial charge in [-0.2, -0.15) is 0 Å². The third-order valence-corrected chi connectivity index (χ3v) is 11.9. The molecule has 2 aromatic rings. The molecule has 2 fully saturated rings. The van der Waals surface area contributed by atoms with Gasteiger partial charge in [-0.1, -0.05) is 71.3 Å². The number of hydrogen-bond acceptors (Lipinski definition) is 10. The molecule has 5 N–H and O–H groups in total. The molecule has 4 rings (SSSR count). The van der Waals surface area contributed by atoms with Crippen LogP contribution < -0.4 is 11.1 Å². The van der Waals surface area contributed by atoms with Crippen LogP contribution in [0.2, 0.25) is 0 Å². The summed E-state index contributed by atoms with van der Waals surface area (Å²) < 4.78 is 6.08. The largest absolute Gasteiger partial charge is 0.390 e. The Balaban J connectivity index is 1.56. The number of ether oxygens (including phenoxy) is 1. The number of nitrogen functional groups attached to an aromatic ring is 1. The van der Waals surface area contributed by atoms with Crippen LogP contribution in [0, 0.1) is 17.8 Å². The van der Waals surface area contributed by atoms with Crippen molar-refractivity contribution >= 4 is 34.2 Å². The van der Waals surface area contributed by atoms with E-state index in [1.54, 1.807) is 35.5 Å². The molecule has 0 unspecified atom stereocenters. The Labute approximate surface area is 320 Å². The number of likely N-dealkylation sites (N-methyl/N-ethyl adjacent to an activating group) is 1. The number of anilines is 1. The summed E-state index contributed by atoms with van der Waals surface area (Å²) in [5, 5.41) is 27.7. The minimum atomic E-state index is -1.15. The molecule has 0 spiro atoms. The number of rotatable bonds is 20. The highest BCUT2D eigenvalue weighted by atomic mass is 32.1. The zero-order chi connectivity index (χ0) is 38.4. The summed E-state index contributed by atoms with van der Waals surface area (Å²) in [4.78, 5) is 54.5. The SMILES string of the molecule is COC1(CN(CC(=O)N(C)CCc2ccccn2)C(=O)C[C@@H](Cc2csc(N)n2)C(=O)N[C@@H](CC2CCCCC2)[C@@H](O)[C@@H](O)CC(C)C)CCCCC1. The van der Waals surface area contributed by atoms with Gasteiger partial charge in [-0.15, -0.1) is 11.3 Å². The molecule has 0 bridgehead atoms. The molecule has 0 aromatic carbocycles. The van der Waals surface area contributed by atoms with Crippen molar-refractivity contribution < 1.29 is 29.3 Å². The highest BCUT2D eigenvalue weighted by molar-refractivity contribution is 7.13. The number of nitrogens with one attached hydrogen (secondary N) is 1. The van der Waals surface area contributed by atoms with Crippen LogP contribution in [0.3, 0.4) is 0 Å². The maximum absolute atomic E-state index is 14.5. The van der Waals surface area contributed by atoms with Gasteiger partial charge in [0.1, 0.15) is 6.10 Å². The van der Waals surface area contributed by atoms with E-state index in [0.717, 1.165) is 63.5 Å². The quantitative estimate of drug-likeness (QED) is 0.149. The van der Waals surface area contributed by atoms with Crippen molar-refractivity contribution in [1.29, 1.82) is 0 Å². The summed E-state index contributed by atoms with van der Waals surface area (Å²) in [6, 6.07) is 5.01. The second kappa shape index (κ2) is 21.1. The minimum absolute atomic E-state index is 0.148. The highest BCUT2D eigenvalue weighted by Crippen LogP contribution is 2.33. The van der Waals surface area contributed by atoms with Crippen molar-refractivity contribution in [2.24, 2.45) is 17.8 Å². The van der Waals surface area contributed by atoms with E-state index in [1.807, 2.05) is 32.0 Å². The number of carbonyl (C=O) groups is 3. The van der Waals surface area contributed by atoms with Gasteiger partial charge in [0.15, 0.2) is 5.13 Å². The zero-order valence-corrected chi connectivity index (χ0v) is 33.2. The van der Waals surface area contributed by atoms with Crippen molar-refractivity contribution in [2.45, 2.75) is 134 Å². The smallest absolute Gasteiger partial charge is 0.241 e. The number of nitrogens with two attached hydrogens (primary N) is 1. The molecule has 13 heteroatoms. The van der Waals surface area contributed by atoms with E-state index in [4.69, 9.17) is 10.5 Å². The molecule has 296 valence electrons. The predicted molar refractivity (Wildman–Crippen MR) is 208 cm³/mol. The first-order chi connectivity index (χ1) is 25.4. The van der Waals surface area contributed by atoms with Gasteiger partial charge >= 0.3 is 0 Å². The summed E-state index contributed by atoms with van der Waals surface area (Å²) >= 11 is 1.27. The molecular weight excluding hydrogens is 693 g/mol. The predicted octanol–water partition coefficient (Wildman–Crippen LogP) is 4.77. The number of aliphatic hydroxyl groups is 2. The number of amides is 3. The number of aliphatic hydroxyl groups excluding tert-OH is 2. The minimum Gasteiger partial charge on any atom is -0.390 e. The number of carbonyl (C=O) groups excluding carboxylic acids is 3. The summed E-state index contributed by atoms with van der Waals surface area (Å²) in [6.45, 7) is 4.51. The molecule has 2 aromatic heterocycles. The monoisotopic (exact) mass is 756 g/mol. The van der Waals surface area contributed by atoms with E-state index in [0.29, 0.717) is 42.6 Å². The first-order valence-electron chi connectivity index (χ1n) is 19.7. The normalized spacial score (nSPS) is 18.5. The molecule has 2 aliphatic carbocycles. The number of aromatic nitrogens is 2. The van der Waals surface area contributed by atoms with Gasteiger partial charge < -0.3 is 35.8 Å².